The van der Waals surface area contributed by atoms with Crippen LogP contribution in [-0.4, -0.2) is 25.0 Å². The molecule has 0 bridgehead atoms. The lowest BCUT2D eigenvalue weighted by atomic mass is 9.78. The van der Waals surface area contributed by atoms with E-state index in [1.54, 1.807) is 0 Å². The van der Waals surface area contributed by atoms with Gasteiger partial charge in [0.2, 0.25) is 0 Å². The van der Waals surface area contributed by atoms with Crippen molar-refractivity contribution < 1.29 is 0 Å². The maximum atomic E-state index is 2.41. The van der Waals surface area contributed by atoms with Crippen LogP contribution in [0.2, 0.25) is 0 Å². The molecule has 0 radical (unpaired) electrons. The minimum atomic E-state index is 0.671. The first-order chi connectivity index (χ1) is 4.66. The van der Waals surface area contributed by atoms with Crippen molar-refractivity contribution in [1.29, 1.82) is 0 Å². The first-order valence-corrected chi connectivity index (χ1v) is 4.35. The third kappa shape index (κ3) is 1.72. The van der Waals surface area contributed by atoms with Gasteiger partial charge in [0.25, 0.3) is 0 Å². The van der Waals surface area contributed by atoms with E-state index >= 15 is 0 Å². The second-order valence-corrected chi connectivity index (χ2v) is 4.09. The quantitative estimate of drug-likeness (QED) is 0.582. The summed E-state index contributed by atoms with van der Waals surface area (Å²) in [5.74, 6) is 0. The van der Waals surface area contributed by atoms with Crippen LogP contribution in [0.25, 0.3) is 0 Å². The summed E-state index contributed by atoms with van der Waals surface area (Å²) in [7, 11) is 2.20. The van der Waals surface area contributed by atoms with Gasteiger partial charge in [-0.25, -0.2) is 0 Å². The smallest absolute Gasteiger partial charge is 0.00448 e. The normalized spacial score (nSPS) is 24.3. The molecule has 1 fully saturated rings. The van der Waals surface area contributed by atoms with E-state index in [9.17, 15) is 0 Å². The highest BCUT2D eigenvalue weighted by Crippen LogP contribution is 2.33. The van der Waals surface area contributed by atoms with Gasteiger partial charge in [0.15, 0.2) is 0 Å². The third-order valence-electron chi connectivity index (χ3n) is 2.44. The van der Waals surface area contributed by atoms with Crippen molar-refractivity contribution in [3.05, 3.63) is 0 Å². The number of unbranched alkanes of at least 4 members (excludes halogenated alkanes) is 1. The van der Waals surface area contributed by atoms with E-state index < -0.39 is 0 Å². The summed E-state index contributed by atoms with van der Waals surface area (Å²) in [6, 6.07) is 0. The molecule has 0 N–H and O–H groups in total. The molecule has 1 saturated heterocycles. The fraction of sp³-hybridized carbons (Fsp3) is 1.00. The van der Waals surface area contributed by atoms with Crippen LogP contribution < -0.4 is 0 Å². The Morgan fingerprint density at radius 1 is 1.40 bits per heavy atom. The average Bonchev–Trinajstić information content (AvgIpc) is 1.81. The zero-order chi connectivity index (χ0) is 7.61. The summed E-state index contributed by atoms with van der Waals surface area (Å²) in [6.45, 7) is 7.30. The Kier molecular flexibility index (Phi) is 2.35. The second-order valence-electron chi connectivity index (χ2n) is 4.09. The zero-order valence-corrected chi connectivity index (χ0v) is 7.48. The number of rotatable bonds is 3. The summed E-state index contributed by atoms with van der Waals surface area (Å²) < 4.78 is 0. The molecule has 1 aliphatic heterocycles. The lowest BCUT2D eigenvalue weighted by molar-refractivity contribution is 0.0298. The summed E-state index contributed by atoms with van der Waals surface area (Å²) in [5.41, 5.74) is 0.671. The van der Waals surface area contributed by atoms with E-state index in [1.165, 1.54) is 32.4 Å². The molecule has 0 aromatic rings. The molecule has 0 saturated carbocycles. The first-order valence-electron chi connectivity index (χ1n) is 4.35. The lowest BCUT2D eigenvalue weighted by Gasteiger charge is -2.46. The highest BCUT2D eigenvalue weighted by atomic mass is 15.2. The molecule has 0 unspecified atom stereocenters. The fourth-order valence-electron chi connectivity index (χ4n) is 2.02. The van der Waals surface area contributed by atoms with E-state index in [1.807, 2.05) is 0 Å². The van der Waals surface area contributed by atoms with E-state index in [0.29, 0.717) is 5.41 Å². The van der Waals surface area contributed by atoms with Crippen molar-refractivity contribution in [1.82, 2.24) is 4.90 Å². The second kappa shape index (κ2) is 2.91. The van der Waals surface area contributed by atoms with Crippen LogP contribution >= 0.6 is 0 Å². The maximum absolute atomic E-state index is 2.41. The molecule has 1 nitrogen and oxygen atoms in total. The van der Waals surface area contributed by atoms with Gasteiger partial charge in [-0.3, -0.25) is 0 Å². The summed E-state index contributed by atoms with van der Waals surface area (Å²) in [5, 5.41) is 0. The third-order valence-corrected chi connectivity index (χ3v) is 2.44. The molecular weight excluding hydrogens is 122 g/mol. The van der Waals surface area contributed by atoms with Gasteiger partial charge in [0, 0.05) is 13.1 Å². The Morgan fingerprint density at radius 2 is 2.00 bits per heavy atom. The van der Waals surface area contributed by atoms with Gasteiger partial charge in [-0.15, -0.1) is 0 Å². The van der Waals surface area contributed by atoms with E-state index in [4.69, 9.17) is 0 Å². The summed E-state index contributed by atoms with van der Waals surface area (Å²) >= 11 is 0. The van der Waals surface area contributed by atoms with Crippen LogP contribution in [0, 0.1) is 5.41 Å². The van der Waals surface area contributed by atoms with Crippen LogP contribution in [0.3, 0.4) is 0 Å². The molecule has 1 aliphatic rings. The van der Waals surface area contributed by atoms with Gasteiger partial charge in [0.05, 0.1) is 0 Å². The van der Waals surface area contributed by atoms with Gasteiger partial charge in [-0.1, -0.05) is 26.7 Å². The van der Waals surface area contributed by atoms with Crippen molar-refractivity contribution in [3.8, 4) is 0 Å². The molecular formula is C9H19N. The summed E-state index contributed by atoms with van der Waals surface area (Å²) in [6.07, 6.45) is 4.18. The Morgan fingerprint density at radius 3 is 2.40 bits per heavy atom. The molecule has 60 valence electrons. The van der Waals surface area contributed by atoms with Crippen molar-refractivity contribution >= 4 is 0 Å². The largest absolute Gasteiger partial charge is 0.305 e. The monoisotopic (exact) mass is 141 g/mol. The van der Waals surface area contributed by atoms with E-state index in [2.05, 4.69) is 25.8 Å². The Labute approximate surface area is 64.4 Å². The first kappa shape index (κ1) is 8.06. The number of likely N-dealkylation sites (tertiary alicyclic amines) is 1. The van der Waals surface area contributed by atoms with Crippen LogP contribution in [0.4, 0.5) is 0 Å². The zero-order valence-electron chi connectivity index (χ0n) is 7.48. The topological polar surface area (TPSA) is 3.24 Å². The van der Waals surface area contributed by atoms with Crippen LogP contribution in [-0.2, 0) is 0 Å². The van der Waals surface area contributed by atoms with Crippen molar-refractivity contribution in [3.63, 3.8) is 0 Å². The molecule has 0 aromatic heterocycles. The highest BCUT2D eigenvalue weighted by molar-refractivity contribution is 4.88. The number of hydrogen-bond acceptors (Lipinski definition) is 1. The Hall–Kier alpha value is -0.0400. The fourth-order valence-corrected chi connectivity index (χ4v) is 2.02. The molecule has 0 aromatic carbocycles. The Balaban J connectivity index is 2.15. The lowest BCUT2D eigenvalue weighted by Crippen LogP contribution is -2.52. The summed E-state index contributed by atoms with van der Waals surface area (Å²) in [4.78, 5) is 2.40. The SMILES string of the molecule is CCCCC1(C)CN(C)C1. The minimum absolute atomic E-state index is 0.671. The van der Waals surface area contributed by atoms with Gasteiger partial charge >= 0.3 is 0 Å². The highest BCUT2D eigenvalue weighted by Gasteiger charge is 2.35. The van der Waals surface area contributed by atoms with Crippen LogP contribution in [0.15, 0.2) is 0 Å². The van der Waals surface area contributed by atoms with Crippen molar-refractivity contribution in [2.24, 2.45) is 5.41 Å². The molecule has 0 spiro atoms. The number of nitrogens with zero attached hydrogens (tertiary/aromatic N) is 1. The molecule has 1 heterocycles. The molecule has 0 amide bonds. The molecule has 0 atom stereocenters. The van der Waals surface area contributed by atoms with Gasteiger partial charge < -0.3 is 4.90 Å². The van der Waals surface area contributed by atoms with Crippen molar-refractivity contribution in [2.75, 3.05) is 20.1 Å². The van der Waals surface area contributed by atoms with E-state index in [-0.39, 0.29) is 0 Å². The maximum Gasteiger partial charge on any atom is 0.00448 e. The van der Waals surface area contributed by atoms with Gasteiger partial charge in [-0.05, 0) is 18.9 Å². The molecule has 1 heteroatoms. The minimum Gasteiger partial charge on any atom is -0.305 e. The van der Waals surface area contributed by atoms with Crippen LogP contribution in [0.5, 0.6) is 0 Å². The standard InChI is InChI=1S/C9H19N/c1-4-5-6-9(2)7-10(3)8-9/h4-8H2,1-3H3. The van der Waals surface area contributed by atoms with E-state index in [0.717, 1.165) is 0 Å². The van der Waals surface area contributed by atoms with Gasteiger partial charge in [-0.2, -0.15) is 0 Å². The molecule has 10 heavy (non-hydrogen) atoms. The number of hydrogen-bond donors (Lipinski definition) is 0. The average molecular weight is 141 g/mol. The molecule has 1 rings (SSSR count). The van der Waals surface area contributed by atoms with Crippen molar-refractivity contribution in [2.45, 2.75) is 33.1 Å². The predicted octanol–water partition coefficient (Wildman–Crippen LogP) is 2.13. The van der Waals surface area contributed by atoms with Crippen LogP contribution in [0.1, 0.15) is 33.1 Å². The molecule has 0 aliphatic carbocycles. The predicted molar refractivity (Wildman–Crippen MR) is 45.1 cm³/mol. The Bertz CT molecular complexity index is 103. The van der Waals surface area contributed by atoms with Gasteiger partial charge in [0.1, 0.15) is 0 Å².